The SMILES string of the molecule is C[C@H](NC(=O)CN1C(=O)C=CC1=O)C(=O)N[C@@H](C)C(=O)Nc1cccc(Cc2ccc([C@@H]3O[C@@H]4C[C@H]5[C@@H]6CCC7=CC(=O)C=C[C@]7(C)[C@H]6[C@@H](O)C[C@]5(C)[C@]4(C(=O)COC(=O)CN(C)C)O3)cc2)c1. The van der Waals surface area contributed by atoms with E-state index in [1.807, 2.05) is 49.4 Å². The van der Waals surface area contributed by atoms with E-state index in [0.29, 0.717) is 30.5 Å². The summed E-state index contributed by atoms with van der Waals surface area (Å²) in [6, 6.07) is 12.9. The van der Waals surface area contributed by atoms with Crippen molar-refractivity contribution in [3.05, 3.63) is 101 Å². The molecule has 0 unspecified atom stereocenters. The second-order valence-corrected chi connectivity index (χ2v) is 19.8. The summed E-state index contributed by atoms with van der Waals surface area (Å²) in [4.78, 5) is 104. The monoisotopic (exact) mass is 933 g/mol. The first-order valence-electron chi connectivity index (χ1n) is 23.1. The maximum Gasteiger partial charge on any atom is 0.320 e. The van der Waals surface area contributed by atoms with Gasteiger partial charge in [-0.05, 0) is 107 Å². The lowest BCUT2D eigenvalue weighted by Crippen LogP contribution is -2.63. The van der Waals surface area contributed by atoms with Crippen LogP contribution in [0, 0.1) is 28.6 Å². The highest BCUT2D eigenvalue weighted by atomic mass is 16.7. The van der Waals surface area contributed by atoms with Gasteiger partial charge in [0.15, 0.2) is 24.3 Å². The number of fused-ring (bicyclic) bond motifs is 7. The average Bonchev–Trinajstić information content (AvgIpc) is 3.90. The normalized spacial score (nSPS) is 31.0. The van der Waals surface area contributed by atoms with Crippen LogP contribution in [0.1, 0.15) is 76.4 Å². The van der Waals surface area contributed by atoms with Crippen LogP contribution in [0.3, 0.4) is 0 Å². The molecule has 0 radical (unpaired) electrons. The van der Waals surface area contributed by atoms with Gasteiger partial charge >= 0.3 is 5.97 Å². The first-order valence-corrected chi connectivity index (χ1v) is 23.1. The third-order valence-corrected chi connectivity index (χ3v) is 15.0. The number of nitrogens with zero attached hydrogens (tertiary/aromatic N) is 2. The minimum absolute atomic E-state index is 0.000324. The van der Waals surface area contributed by atoms with Gasteiger partial charge in [0.05, 0.1) is 18.8 Å². The van der Waals surface area contributed by atoms with Gasteiger partial charge in [-0.2, -0.15) is 0 Å². The van der Waals surface area contributed by atoms with Crippen LogP contribution in [0.4, 0.5) is 5.69 Å². The average molecular weight is 934 g/mol. The zero-order valence-corrected chi connectivity index (χ0v) is 39.1. The number of amides is 5. The number of aliphatic hydroxyl groups excluding tert-OH is 1. The number of Topliss-reactive ketones (excluding diaryl/α,β-unsaturated/α-hetero) is 1. The van der Waals surface area contributed by atoms with Crippen LogP contribution in [-0.4, -0.2) is 126 Å². The predicted octanol–water partition coefficient (Wildman–Crippen LogP) is 2.87. The lowest BCUT2D eigenvalue weighted by atomic mass is 9.46. The Morgan fingerprint density at radius 2 is 1.63 bits per heavy atom. The number of likely N-dealkylation sites (N-methyl/N-ethyl adjacent to an activating group) is 1. The Balaban J connectivity index is 0.919. The molecule has 68 heavy (non-hydrogen) atoms. The minimum Gasteiger partial charge on any atom is -0.457 e. The number of aliphatic hydroxyl groups is 1. The molecule has 3 saturated carbocycles. The van der Waals surface area contributed by atoms with Crippen LogP contribution >= 0.6 is 0 Å². The number of ether oxygens (including phenoxy) is 3. The molecule has 8 rings (SSSR count). The molecule has 2 aromatic rings. The molecule has 2 aliphatic heterocycles. The summed E-state index contributed by atoms with van der Waals surface area (Å²) in [6.45, 7) is 5.99. The van der Waals surface area contributed by atoms with Crippen molar-refractivity contribution in [2.24, 2.45) is 28.6 Å². The standard InChI is InChI=1S/C51H59N5O12/c1-28(52-41(60)25-56-42(61)16-17-43(56)62)46(64)53-29(2)47(65)54-34-9-7-8-31(21-34)20-30-10-12-32(13-11-30)48-67-40-23-37-36-15-14-33-22-35(57)18-19-49(33,3)45(36)38(58)24-50(37,4)51(40,68-48)39(59)27-66-44(63)26-55(5)6/h7-13,16-19,21-22,28-29,36-38,40,45,48,58H,14-15,20,23-27H2,1-6H3,(H,52,60)(H,53,64)(H,54,65)/t28-,29-,36-,37-,38-,40+,45+,48+,49-,50-,51+/m0/s1. The van der Waals surface area contributed by atoms with E-state index in [4.69, 9.17) is 14.2 Å². The molecule has 17 nitrogen and oxygen atoms in total. The molecule has 4 fully saturated rings. The summed E-state index contributed by atoms with van der Waals surface area (Å²) in [5.41, 5.74) is 1.14. The topological polar surface area (TPSA) is 227 Å². The summed E-state index contributed by atoms with van der Waals surface area (Å²) in [7, 11) is 3.47. The van der Waals surface area contributed by atoms with Crippen LogP contribution in [0.5, 0.6) is 0 Å². The Labute approximate surface area is 394 Å². The van der Waals surface area contributed by atoms with E-state index in [9.17, 15) is 43.5 Å². The van der Waals surface area contributed by atoms with E-state index in [0.717, 1.165) is 40.2 Å². The van der Waals surface area contributed by atoms with Crippen molar-refractivity contribution in [2.75, 3.05) is 39.1 Å². The maximum atomic E-state index is 14.7. The Morgan fingerprint density at radius 1 is 0.926 bits per heavy atom. The van der Waals surface area contributed by atoms with E-state index in [2.05, 4.69) is 22.9 Å². The number of hydrogen-bond acceptors (Lipinski definition) is 13. The minimum atomic E-state index is -1.52. The van der Waals surface area contributed by atoms with Gasteiger partial charge < -0.3 is 35.3 Å². The lowest BCUT2D eigenvalue weighted by Gasteiger charge is -2.59. The first-order chi connectivity index (χ1) is 32.2. The number of allylic oxidation sites excluding steroid dienone is 4. The highest BCUT2D eigenvalue weighted by Crippen LogP contribution is 2.70. The molecule has 2 heterocycles. The quantitative estimate of drug-likeness (QED) is 0.149. The number of anilines is 1. The Hall–Kier alpha value is -6.14. The Kier molecular flexibility index (Phi) is 13.3. The number of nitrogens with one attached hydrogen (secondary N) is 3. The summed E-state index contributed by atoms with van der Waals surface area (Å²) in [5, 5.41) is 20.0. The molecule has 0 bridgehead atoms. The highest BCUT2D eigenvalue weighted by molar-refractivity contribution is 6.14. The van der Waals surface area contributed by atoms with Crippen LogP contribution in [0.25, 0.3) is 0 Å². The van der Waals surface area contributed by atoms with Gasteiger partial charge in [-0.25, -0.2) is 0 Å². The van der Waals surface area contributed by atoms with Gasteiger partial charge in [0.25, 0.3) is 11.8 Å². The molecular formula is C51H59N5O12. The number of carbonyl (C=O) groups is 8. The number of esters is 1. The largest absolute Gasteiger partial charge is 0.457 e. The fraction of sp³-hybridized carbons (Fsp3) is 0.490. The molecule has 0 aromatic heterocycles. The van der Waals surface area contributed by atoms with Crippen LogP contribution in [-0.2, 0) is 59.0 Å². The molecule has 5 amide bonds. The van der Waals surface area contributed by atoms with Crippen molar-refractivity contribution < 1.29 is 57.7 Å². The molecule has 6 aliphatic rings. The first kappa shape index (κ1) is 48.3. The van der Waals surface area contributed by atoms with Crippen molar-refractivity contribution >= 4 is 52.8 Å². The zero-order valence-electron chi connectivity index (χ0n) is 39.1. The molecule has 2 aromatic carbocycles. The van der Waals surface area contributed by atoms with E-state index >= 15 is 0 Å². The third-order valence-electron chi connectivity index (χ3n) is 15.0. The number of benzene rings is 2. The second kappa shape index (κ2) is 18.7. The number of imide groups is 1. The summed E-state index contributed by atoms with van der Waals surface area (Å²) >= 11 is 0. The van der Waals surface area contributed by atoms with E-state index in [1.54, 1.807) is 43.3 Å². The fourth-order valence-corrected chi connectivity index (χ4v) is 11.8. The van der Waals surface area contributed by atoms with Gasteiger partial charge in [-0.15, -0.1) is 0 Å². The van der Waals surface area contributed by atoms with E-state index in [1.165, 1.54) is 13.8 Å². The van der Waals surface area contributed by atoms with Gasteiger partial charge in [0, 0.05) is 40.2 Å². The van der Waals surface area contributed by atoms with Crippen LogP contribution < -0.4 is 16.0 Å². The Morgan fingerprint density at radius 3 is 2.34 bits per heavy atom. The van der Waals surface area contributed by atoms with E-state index in [-0.39, 0.29) is 36.5 Å². The van der Waals surface area contributed by atoms with Gasteiger partial charge in [-0.3, -0.25) is 48.2 Å². The van der Waals surface area contributed by atoms with Crippen molar-refractivity contribution in [1.82, 2.24) is 20.4 Å². The van der Waals surface area contributed by atoms with Gasteiger partial charge in [0.2, 0.25) is 23.5 Å². The number of ketones is 2. The fourth-order valence-electron chi connectivity index (χ4n) is 11.8. The van der Waals surface area contributed by atoms with Gasteiger partial charge in [0.1, 0.15) is 18.6 Å². The third kappa shape index (κ3) is 8.99. The van der Waals surface area contributed by atoms with Crippen molar-refractivity contribution in [2.45, 2.75) is 96.0 Å². The number of rotatable bonds is 15. The second-order valence-electron chi connectivity index (χ2n) is 19.8. The van der Waals surface area contributed by atoms with Crippen molar-refractivity contribution in [1.29, 1.82) is 0 Å². The lowest BCUT2D eigenvalue weighted by molar-refractivity contribution is -0.202. The molecule has 1 saturated heterocycles. The molecule has 360 valence electrons. The maximum absolute atomic E-state index is 14.7. The molecular weight excluding hydrogens is 875 g/mol. The molecule has 0 spiro atoms. The summed E-state index contributed by atoms with van der Waals surface area (Å²) < 4.78 is 19.2. The Bertz CT molecular complexity index is 2500. The number of carbonyl (C=O) groups excluding carboxylic acids is 8. The van der Waals surface area contributed by atoms with Gasteiger partial charge in [-0.1, -0.05) is 61.9 Å². The molecule has 17 heteroatoms. The molecule has 11 atom stereocenters. The zero-order chi connectivity index (χ0) is 48.9. The van der Waals surface area contributed by atoms with Crippen LogP contribution in [0.15, 0.2) is 84.5 Å². The smallest absolute Gasteiger partial charge is 0.320 e. The summed E-state index contributed by atoms with van der Waals surface area (Å²) in [5.74, 6) is -4.30. The van der Waals surface area contributed by atoms with E-state index < -0.39 is 101 Å². The van der Waals surface area contributed by atoms with Crippen molar-refractivity contribution in [3.8, 4) is 0 Å². The predicted molar refractivity (Wildman–Crippen MR) is 245 cm³/mol. The van der Waals surface area contributed by atoms with Crippen molar-refractivity contribution in [3.63, 3.8) is 0 Å². The van der Waals surface area contributed by atoms with Crippen LogP contribution in [0.2, 0.25) is 0 Å². The molecule has 4 N–H and O–H groups in total. The highest BCUT2D eigenvalue weighted by Gasteiger charge is 2.76. The summed E-state index contributed by atoms with van der Waals surface area (Å²) in [6.07, 6.45) is 7.67. The number of hydrogen-bond donors (Lipinski definition) is 4. The molecule has 4 aliphatic carbocycles.